The molecule has 0 aromatic carbocycles. The summed E-state index contributed by atoms with van der Waals surface area (Å²) in [7, 11) is 1.97. The van der Waals surface area contributed by atoms with Gasteiger partial charge in [-0.15, -0.1) is 0 Å². The van der Waals surface area contributed by atoms with Crippen LogP contribution < -0.4 is 5.32 Å². The van der Waals surface area contributed by atoms with E-state index in [-0.39, 0.29) is 0 Å². The van der Waals surface area contributed by atoms with Crippen molar-refractivity contribution in [3.8, 4) is 0 Å². The second kappa shape index (κ2) is 6.19. The first-order valence-corrected chi connectivity index (χ1v) is 7.01. The van der Waals surface area contributed by atoms with Crippen LogP contribution in [0.15, 0.2) is 24.0 Å². The molecule has 0 bridgehead atoms. The van der Waals surface area contributed by atoms with E-state index >= 15 is 0 Å². The van der Waals surface area contributed by atoms with Crippen LogP contribution in [-0.4, -0.2) is 22.9 Å². The molecule has 3 nitrogen and oxygen atoms in total. The van der Waals surface area contributed by atoms with Gasteiger partial charge in [-0.2, -0.15) is 5.10 Å². The molecule has 1 heterocycles. The fourth-order valence-corrected chi connectivity index (χ4v) is 2.83. The zero-order chi connectivity index (χ0) is 13.0. The highest BCUT2D eigenvalue weighted by Crippen LogP contribution is 2.29. The Hall–Kier alpha value is -1.09. The second-order valence-corrected chi connectivity index (χ2v) is 5.59. The molecule has 3 heteroatoms. The number of nitrogens with one attached hydrogen (secondary N) is 1. The van der Waals surface area contributed by atoms with Crippen molar-refractivity contribution in [2.45, 2.75) is 33.1 Å². The summed E-state index contributed by atoms with van der Waals surface area (Å²) in [5.41, 5.74) is 2.89. The van der Waals surface area contributed by atoms with E-state index in [1.54, 1.807) is 5.57 Å². The molecule has 0 amide bonds. The molecule has 1 aromatic rings. The van der Waals surface area contributed by atoms with Crippen molar-refractivity contribution < 1.29 is 0 Å². The van der Waals surface area contributed by atoms with Gasteiger partial charge in [-0.3, -0.25) is 4.68 Å². The minimum absolute atomic E-state index is 0.729. The minimum atomic E-state index is 0.729. The summed E-state index contributed by atoms with van der Waals surface area (Å²) in [4.78, 5) is 0. The molecular weight excluding hydrogens is 222 g/mol. The summed E-state index contributed by atoms with van der Waals surface area (Å²) in [5, 5.41) is 7.78. The molecule has 2 rings (SSSR count). The Bertz CT molecular complexity index is 406. The lowest BCUT2D eigenvalue weighted by molar-refractivity contribution is 0.351. The van der Waals surface area contributed by atoms with Crippen LogP contribution in [0.4, 0.5) is 0 Å². The van der Waals surface area contributed by atoms with E-state index in [0.717, 1.165) is 31.3 Å². The van der Waals surface area contributed by atoms with Crippen molar-refractivity contribution in [1.29, 1.82) is 0 Å². The Balaban J connectivity index is 1.72. The maximum atomic E-state index is 4.19. The average molecular weight is 247 g/mol. The molecule has 100 valence electrons. The zero-order valence-corrected chi connectivity index (χ0v) is 11.8. The summed E-state index contributed by atoms with van der Waals surface area (Å²) in [5.74, 6) is 1.55. The van der Waals surface area contributed by atoms with Gasteiger partial charge in [0.25, 0.3) is 0 Å². The fourth-order valence-electron chi connectivity index (χ4n) is 2.83. The number of rotatable bonds is 5. The molecule has 1 aliphatic carbocycles. The number of allylic oxidation sites excluding steroid dienone is 1. The highest BCUT2D eigenvalue weighted by Gasteiger charge is 2.21. The van der Waals surface area contributed by atoms with Gasteiger partial charge >= 0.3 is 0 Å². The van der Waals surface area contributed by atoms with Crippen LogP contribution in [0.1, 0.15) is 32.3 Å². The van der Waals surface area contributed by atoms with Gasteiger partial charge in [-0.05, 0) is 50.1 Å². The van der Waals surface area contributed by atoms with E-state index in [2.05, 4.69) is 36.5 Å². The number of nitrogens with zero attached hydrogens (tertiary/aromatic N) is 2. The predicted molar refractivity (Wildman–Crippen MR) is 75.4 cm³/mol. The van der Waals surface area contributed by atoms with E-state index in [0.29, 0.717) is 0 Å². The number of aryl methyl sites for hydroxylation is 1. The van der Waals surface area contributed by atoms with Gasteiger partial charge in [0.05, 0.1) is 6.20 Å². The molecule has 1 N–H and O–H groups in total. The Kier molecular flexibility index (Phi) is 4.59. The molecule has 0 radical (unpaired) electrons. The number of hydrogen-bond acceptors (Lipinski definition) is 2. The smallest absolute Gasteiger partial charge is 0.0522 e. The molecule has 0 saturated heterocycles. The lowest BCUT2D eigenvalue weighted by Crippen LogP contribution is -2.30. The molecule has 0 fully saturated rings. The monoisotopic (exact) mass is 247 g/mol. The van der Waals surface area contributed by atoms with Crippen LogP contribution in [0.3, 0.4) is 0 Å². The van der Waals surface area contributed by atoms with Gasteiger partial charge < -0.3 is 5.32 Å². The largest absolute Gasteiger partial charge is 0.316 e. The Morgan fingerprint density at radius 1 is 1.50 bits per heavy atom. The van der Waals surface area contributed by atoms with Crippen molar-refractivity contribution in [2.75, 3.05) is 13.1 Å². The van der Waals surface area contributed by atoms with Crippen LogP contribution in [0.5, 0.6) is 0 Å². The quantitative estimate of drug-likeness (QED) is 0.640. The van der Waals surface area contributed by atoms with Crippen molar-refractivity contribution in [3.05, 3.63) is 29.6 Å². The SMILES string of the molecule is CC1=CCC[C@H](C)[C@H]1CNCCc1cnn(C)c1. The van der Waals surface area contributed by atoms with Crippen LogP contribution in [0.2, 0.25) is 0 Å². The van der Waals surface area contributed by atoms with Gasteiger partial charge in [0.15, 0.2) is 0 Å². The molecule has 0 aliphatic heterocycles. The normalized spacial score (nSPS) is 24.1. The Morgan fingerprint density at radius 3 is 3.00 bits per heavy atom. The fraction of sp³-hybridized carbons (Fsp3) is 0.667. The molecular formula is C15H25N3. The first kappa shape index (κ1) is 13.3. The molecule has 0 spiro atoms. The van der Waals surface area contributed by atoms with Gasteiger partial charge in [0.1, 0.15) is 0 Å². The first-order chi connectivity index (χ1) is 8.66. The summed E-state index contributed by atoms with van der Waals surface area (Å²) in [6, 6.07) is 0. The number of aromatic nitrogens is 2. The molecule has 18 heavy (non-hydrogen) atoms. The Morgan fingerprint density at radius 2 is 2.33 bits per heavy atom. The topological polar surface area (TPSA) is 29.9 Å². The molecule has 2 atom stereocenters. The van der Waals surface area contributed by atoms with Gasteiger partial charge in [-0.1, -0.05) is 18.6 Å². The maximum absolute atomic E-state index is 4.19. The van der Waals surface area contributed by atoms with E-state index in [1.807, 2.05) is 17.9 Å². The van der Waals surface area contributed by atoms with E-state index in [4.69, 9.17) is 0 Å². The Labute approximate surface area is 110 Å². The van der Waals surface area contributed by atoms with E-state index < -0.39 is 0 Å². The van der Waals surface area contributed by atoms with Crippen LogP contribution >= 0.6 is 0 Å². The third-order valence-electron chi connectivity index (χ3n) is 4.07. The summed E-state index contributed by atoms with van der Waals surface area (Å²) >= 11 is 0. The van der Waals surface area contributed by atoms with Crippen molar-refractivity contribution in [2.24, 2.45) is 18.9 Å². The van der Waals surface area contributed by atoms with Gasteiger partial charge in [0, 0.05) is 19.8 Å². The molecule has 0 saturated carbocycles. The summed E-state index contributed by atoms with van der Waals surface area (Å²) in [6.07, 6.45) is 10.1. The third kappa shape index (κ3) is 3.45. The second-order valence-electron chi connectivity index (χ2n) is 5.59. The van der Waals surface area contributed by atoms with Crippen molar-refractivity contribution in [1.82, 2.24) is 15.1 Å². The average Bonchev–Trinajstić information content (AvgIpc) is 2.73. The first-order valence-electron chi connectivity index (χ1n) is 7.01. The highest BCUT2D eigenvalue weighted by molar-refractivity contribution is 5.09. The minimum Gasteiger partial charge on any atom is -0.316 e. The van der Waals surface area contributed by atoms with Crippen molar-refractivity contribution >= 4 is 0 Å². The highest BCUT2D eigenvalue weighted by atomic mass is 15.2. The lowest BCUT2D eigenvalue weighted by atomic mass is 9.80. The van der Waals surface area contributed by atoms with Crippen LogP contribution in [-0.2, 0) is 13.5 Å². The maximum Gasteiger partial charge on any atom is 0.0522 e. The van der Waals surface area contributed by atoms with Crippen LogP contribution in [0.25, 0.3) is 0 Å². The zero-order valence-electron chi connectivity index (χ0n) is 11.8. The van der Waals surface area contributed by atoms with Gasteiger partial charge in [0.2, 0.25) is 0 Å². The van der Waals surface area contributed by atoms with E-state index in [1.165, 1.54) is 18.4 Å². The van der Waals surface area contributed by atoms with Crippen LogP contribution in [0, 0.1) is 11.8 Å². The third-order valence-corrected chi connectivity index (χ3v) is 4.07. The summed E-state index contributed by atoms with van der Waals surface area (Å²) < 4.78 is 1.87. The standard InChI is InChI=1S/C15H25N3/c1-12-5-4-6-13(2)15(12)10-16-8-7-14-9-17-18(3)11-14/h5,9,11,13,15-16H,4,6-8,10H2,1-3H3/t13-,15-/m0/s1. The van der Waals surface area contributed by atoms with Gasteiger partial charge in [-0.25, -0.2) is 0 Å². The predicted octanol–water partition coefficient (Wildman–Crippen LogP) is 2.54. The molecule has 1 aliphatic rings. The molecule has 0 unspecified atom stereocenters. The summed E-state index contributed by atoms with van der Waals surface area (Å²) in [6.45, 7) is 6.82. The van der Waals surface area contributed by atoms with E-state index in [9.17, 15) is 0 Å². The van der Waals surface area contributed by atoms with Crippen molar-refractivity contribution in [3.63, 3.8) is 0 Å². The number of hydrogen-bond donors (Lipinski definition) is 1. The lowest BCUT2D eigenvalue weighted by Gasteiger charge is -2.29. The molecule has 1 aromatic heterocycles.